The van der Waals surface area contributed by atoms with Crippen LogP contribution in [0.1, 0.15) is 32.9 Å². The number of carbonyl (C=O) groups is 1. The van der Waals surface area contributed by atoms with Crippen LogP contribution in [0.5, 0.6) is 0 Å². The van der Waals surface area contributed by atoms with Crippen LogP contribution in [0.15, 0.2) is 47.1 Å². The number of hydrogen-bond acceptors (Lipinski definition) is 5. The van der Waals surface area contributed by atoms with Gasteiger partial charge in [0, 0.05) is 17.7 Å². The molecule has 3 aromatic rings. The third kappa shape index (κ3) is 3.38. The number of aromatic amines is 1. The molecule has 1 aromatic carbocycles. The van der Waals surface area contributed by atoms with E-state index >= 15 is 0 Å². The van der Waals surface area contributed by atoms with Crippen molar-refractivity contribution >= 4 is 21.7 Å². The molecule has 2 aromatic heterocycles. The molecule has 2 N–H and O–H groups in total. The number of sulfonamides is 1. The number of H-pyrrole nitrogens is 1. The lowest BCUT2D eigenvalue weighted by Gasteiger charge is -2.16. The van der Waals surface area contributed by atoms with Gasteiger partial charge in [-0.15, -0.1) is 0 Å². The van der Waals surface area contributed by atoms with E-state index in [9.17, 15) is 13.2 Å². The maximum Gasteiger partial charge on any atom is 0.292 e. The van der Waals surface area contributed by atoms with Gasteiger partial charge in [-0.05, 0) is 18.6 Å². The normalized spacial score (nSPS) is 14.3. The molecule has 0 aliphatic carbocycles. The second-order valence-corrected chi connectivity index (χ2v) is 8.39. The monoisotopic (exact) mass is 386 g/mol. The van der Waals surface area contributed by atoms with Gasteiger partial charge in [-0.2, -0.15) is 9.40 Å². The fourth-order valence-electron chi connectivity index (χ4n) is 3.06. The van der Waals surface area contributed by atoms with E-state index in [-0.39, 0.29) is 24.6 Å². The van der Waals surface area contributed by atoms with Crippen molar-refractivity contribution in [3.8, 4) is 0 Å². The molecule has 4 rings (SSSR count). The number of carbonyl (C=O) groups excluding carboxylic acids is 1. The smallest absolute Gasteiger partial charge is 0.292 e. The average Bonchev–Trinajstić information content (AvgIpc) is 3.32. The van der Waals surface area contributed by atoms with Crippen LogP contribution < -0.4 is 5.32 Å². The van der Waals surface area contributed by atoms with Crippen molar-refractivity contribution in [2.24, 2.45) is 0 Å². The summed E-state index contributed by atoms with van der Waals surface area (Å²) >= 11 is 0. The molecule has 0 atom stereocenters. The highest BCUT2D eigenvalue weighted by atomic mass is 32.2. The van der Waals surface area contributed by atoms with Crippen LogP contribution in [0.25, 0.3) is 0 Å². The molecule has 1 amide bonds. The molecule has 0 saturated heterocycles. The zero-order chi connectivity index (χ0) is 19.0. The van der Waals surface area contributed by atoms with E-state index in [0.717, 1.165) is 5.56 Å². The number of hydrogen-bond donors (Lipinski definition) is 2. The van der Waals surface area contributed by atoms with Crippen LogP contribution in [-0.4, -0.2) is 28.8 Å². The van der Waals surface area contributed by atoms with Crippen molar-refractivity contribution in [2.45, 2.75) is 25.8 Å². The summed E-state index contributed by atoms with van der Waals surface area (Å²) in [6.07, 6.45) is 1.44. The van der Waals surface area contributed by atoms with Gasteiger partial charge in [0.1, 0.15) is 0 Å². The molecular weight excluding hydrogens is 368 g/mol. The van der Waals surface area contributed by atoms with Gasteiger partial charge in [-0.1, -0.05) is 30.3 Å². The molecule has 0 spiro atoms. The van der Waals surface area contributed by atoms with Crippen LogP contribution in [-0.2, 0) is 28.9 Å². The predicted molar refractivity (Wildman–Crippen MR) is 98.3 cm³/mol. The lowest BCUT2D eigenvalue weighted by atomic mass is 10.2. The fourth-order valence-corrected chi connectivity index (χ4v) is 4.50. The average molecular weight is 386 g/mol. The fraction of sp³-hybridized carbons (Fsp3) is 0.222. The molecule has 0 radical (unpaired) electrons. The Morgan fingerprint density at radius 3 is 2.74 bits per heavy atom. The SMILES string of the molecule is Cc1ccoc1C(=O)Nc1n[nH]c2c1CN(S(=O)(=O)Cc1ccccc1)C2. The third-order valence-electron chi connectivity index (χ3n) is 4.51. The minimum atomic E-state index is -3.49. The van der Waals surface area contributed by atoms with Crippen LogP contribution in [0.4, 0.5) is 5.82 Å². The van der Waals surface area contributed by atoms with Crippen molar-refractivity contribution in [3.63, 3.8) is 0 Å². The van der Waals surface area contributed by atoms with Crippen molar-refractivity contribution in [1.82, 2.24) is 14.5 Å². The van der Waals surface area contributed by atoms with E-state index in [2.05, 4.69) is 15.5 Å². The Hall–Kier alpha value is -2.91. The number of aryl methyl sites for hydroxylation is 1. The summed E-state index contributed by atoms with van der Waals surface area (Å²) in [5, 5.41) is 9.60. The van der Waals surface area contributed by atoms with Crippen molar-refractivity contribution in [3.05, 3.63) is 70.8 Å². The van der Waals surface area contributed by atoms with Gasteiger partial charge in [-0.25, -0.2) is 8.42 Å². The molecule has 0 bridgehead atoms. The highest BCUT2D eigenvalue weighted by Gasteiger charge is 2.33. The molecule has 140 valence electrons. The molecule has 27 heavy (non-hydrogen) atoms. The van der Waals surface area contributed by atoms with Gasteiger partial charge in [0.2, 0.25) is 10.0 Å². The number of anilines is 1. The van der Waals surface area contributed by atoms with Gasteiger partial charge in [0.05, 0.1) is 24.3 Å². The molecule has 1 aliphatic heterocycles. The first-order valence-corrected chi connectivity index (χ1v) is 9.98. The Bertz CT molecular complexity index is 1090. The topological polar surface area (TPSA) is 108 Å². The highest BCUT2D eigenvalue weighted by molar-refractivity contribution is 7.88. The zero-order valence-electron chi connectivity index (χ0n) is 14.6. The highest BCUT2D eigenvalue weighted by Crippen LogP contribution is 2.30. The maximum absolute atomic E-state index is 12.7. The van der Waals surface area contributed by atoms with Crippen LogP contribution in [0, 0.1) is 6.92 Å². The Morgan fingerprint density at radius 1 is 1.26 bits per heavy atom. The number of aromatic nitrogens is 2. The van der Waals surface area contributed by atoms with Gasteiger partial charge < -0.3 is 9.73 Å². The molecule has 0 unspecified atom stereocenters. The molecule has 9 heteroatoms. The molecular formula is C18H18N4O4S. The Morgan fingerprint density at radius 2 is 2.04 bits per heavy atom. The first-order valence-electron chi connectivity index (χ1n) is 8.37. The lowest BCUT2D eigenvalue weighted by Crippen LogP contribution is -2.27. The lowest BCUT2D eigenvalue weighted by molar-refractivity contribution is 0.0995. The quantitative estimate of drug-likeness (QED) is 0.700. The summed E-state index contributed by atoms with van der Waals surface area (Å²) in [5.41, 5.74) is 2.79. The van der Waals surface area contributed by atoms with Crippen LogP contribution in [0.2, 0.25) is 0 Å². The largest absolute Gasteiger partial charge is 0.459 e. The van der Waals surface area contributed by atoms with E-state index < -0.39 is 15.9 Å². The van der Waals surface area contributed by atoms with Gasteiger partial charge in [0.25, 0.3) is 5.91 Å². The third-order valence-corrected chi connectivity index (χ3v) is 6.25. The summed E-state index contributed by atoms with van der Waals surface area (Å²) in [7, 11) is -3.49. The minimum absolute atomic E-state index is 0.0706. The Kier molecular flexibility index (Phi) is 4.33. The summed E-state index contributed by atoms with van der Waals surface area (Å²) in [5.74, 6) is 0.0395. The van der Waals surface area contributed by atoms with Gasteiger partial charge in [-0.3, -0.25) is 9.89 Å². The second kappa shape index (κ2) is 6.67. The number of benzene rings is 1. The summed E-state index contributed by atoms with van der Waals surface area (Å²) in [6, 6.07) is 10.7. The second-order valence-electron chi connectivity index (χ2n) is 6.43. The summed E-state index contributed by atoms with van der Waals surface area (Å²) < 4.78 is 32.0. The first-order chi connectivity index (χ1) is 12.9. The number of amides is 1. The Labute approximate surface area is 156 Å². The number of nitrogens with one attached hydrogen (secondary N) is 2. The minimum Gasteiger partial charge on any atom is -0.459 e. The summed E-state index contributed by atoms with van der Waals surface area (Å²) in [6.45, 7) is 2.13. The van der Waals surface area contributed by atoms with Crippen LogP contribution >= 0.6 is 0 Å². The van der Waals surface area contributed by atoms with Crippen molar-refractivity contribution in [1.29, 1.82) is 0 Å². The van der Waals surface area contributed by atoms with E-state index in [1.807, 2.05) is 18.2 Å². The first kappa shape index (κ1) is 17.5. The van der Waals surface area contributed by atoms with Gasteiger partial charge >= 0.3 is 0 Å². The number of rotatable bonds is 5. The van der Waals surface area contributed by atoms with Crippen molar-refractivity contribution in [2.75, 3.05) is 5.32 Å². The standard InChI is InChI=1S/C18H18N4O4S/c1-12-7-8-26-16(12)18(23)19-17-14-9-22(10-15(14)20-21-17)27(24,25)11-13-5-3-2-4-6-13/h2-8H,9-11H2,1H3,(H2,19,20,21,23). The molecule has 1 aliphatic rings. The molecule has 0 saturated carbocycles. The zero-order valence-corrected chi connectivity index (χ0v) is 15.4. The number of nitrogens with zero attached hydrogens (tertiary/aromatic N) is 2. The van der Waals surface area contributed by atoms with E-state index in [1.165, 1.54) is 10.6 Å². The van der Waals surface area contributed by atoms with E-state index in [1.54, 1.807) is 25.1 Å². The number of fused-ring (bicyclic) bond motifs is 1. The summed E-state index contributed by atoms with van der Waals surface area (Å²) in [4.78, 5) is 12.3. The molecule has 3 heterocycles. The molecule has 0 fully saturated rings. The van der Waals surface area contributed by atoms with Gasteiger partial charge in [0.15, 0.2) is 11.6 Å². The maximum atomic E-state index is 12.7. The Balaban J connectivity index is 1.50. The number of furan rings is 1. The molecule has 8 nitrogen and oxygen atoms in total. The van der Waals surface area contributed by atoms with E-state index in [0.29, 0.717) is 22.6 Å². The van der Waals surface area contributed by atoms with Crippen molar-refractivity contribution < 1.29 is 17.6 Å². The van der Waals surface area contributed by atoms with Crippen LogP contribution in [0.3, 0.4) is 0 Å². The predicted octanol–water partition coefficient (Wildman–Crippen LogP) is 2.41. The van der Waals surface area contributed by atoms with E-state index in [4.69, 9.17) is 4.42 Å².